The van der Waals surface area contributed by atoms with Gasteiger partial charge in [-0.25, -0.2) is 4.98 Å². The van der Waals surface area contributed by atoms with Gasteiger partial charge in [-0.3, -0.25) is 10.1 Å². The van der Waals surface area contributed by atoms with E-state index >= 15 is 0 Å². The average Bonchev–Trinajstić information content (AvgIpc) is 2.97. The van der Waals surface area contributed by atoms with E-state index in [1.165, 1.54) is 17.4 Å². The van der Waals surface area contributed by atoms with Gasteiger partial charge in [-0.2, -0.15) is 0 Å². The number of nitrogens with zero attached hydrogens (tertiary/aromatic N) is 1. The van der Waals surface area contributed by atoms with Gasteiger partial charge in [-0.1, -0.05) is 29.5 Å². The summed E-state index contributed by atoms with van der Waals surface area (Å²) < 4.78 is 7.09. The zero-order valence-electron chi connectivity index (χ0n) is 13.2. The van der Waals surface area contributed by atoms with Crippen LogP contribution < -0.4 is 10.1 Å². The minimum absolute atomic E-state index is 0.210. The Morgan fingerprint density at radius 2 is 2.17 bits per heavy atom. The second kappa shape index (κ2) is 7.15. The average molecular weight is 403 g/mol. The number of rotatable bonds is 4. The summed E-state index contributed by atoms with van der Waals surface area (Å²) in [6.45, 7) is 2.01. The van der Waals surface area contributed by atoms with E-state index in [2.05, 4.69) is 26.2 Å². The third kappa shape index (κ3) is 3.66. The molecule has 24 heavy (non-hydrogen) atoms. The number of carbonyl (C=O) groups excluding carboxylic acids is 1. The van der Waals surface area contributed by atoms with Crippen molar-refractivity contribution in [2.45, 2.75) is 6.92 Å². The molecule has 0 saturated carbocycles. The number of halogens is 1. The highest BCUT2D eigenvalue weighted by molar-refractivity contribution is 9.10. The molecule has 0 saturated heterocycles. The zero-order chi connectivity index (χ0) is 17.1. The van der Waals surface area contributed by atoms with Crippen molar-refractivity contribution >= 4 is 54.6 Å². The maximum Gasteiger partial charge on any atom is 0.250 e. The molecule has 1 aromatic heterocycles. The number of fused-ring (bicyclic) bond motifs is 1. The summed E-state index contributed by atoms with van der Waals surface area (Å²) in [4.78, 5) is 16.6. The maximum absolute atomic E-state index is 12.1. The number of ether oxygens (including phenoxy) is 1. The van der Waals surface area contributed by atoms with Crippen molar-refractivity contribution in [3.8, 4) is 5.75 Å². The normalized spacial score (nSPS) is 11.1. The lowest BCUT2D eigenvalue weighted by molar-refractivity contribution is -0.111. The van der Waals surface area contributed by atoms with Crippen molar-refractivity contribution in [1.82, 2.24) is 4.98 Å². The Morgan fingerprint density at radius 1 is 1.33 bits per heavy atom. The van der Waals surface area contributed by atoms with Gasteiger partial charge in [0.1, 0.15) is 5.75 Å². The van der Waals surface area contributed by atoms with E-state index in [4.69, 9.17) is 4.74 Å². The molecular formula is C18H15BrN2O2S. The Kier molecular flexibility index (Phi) is 4.97. The molecule has 2 aromatic carbocycles. The summed E-state index contributed by atoms with van der Waals surface area (Å²) in [6, 6.07) is 11.6. The first-order chi connectivity index (χ1) is 11.6. The van der Waals surface area contributed by atoms with Crippen LogP contribution in [0.4, 0.5) is 5.13 Å². The van der Waals surface area contributed by atoms with Crippen molar-refractivity contribution in [3.63, 3.8) is 0 Å². The van der Waals surface area contributed by atoms with E-state index in [0.29, 0.717) is 5.13 Å². The molecule has 4 nitrogen and oxygen atoms in total. The molecule has 0 aliphatic rings. The van der Waals surface area contributed by atoms with Crippen molar-refractivity contribution in [2.75, 3.05) is 12.4 Å². The van der Waals surface area contributed by atoms with Crippen LogP contribution in [0.15, 0.2) is 46.9 Å². The molecule has 3 aromatic rings. The number of anilines is 1. The maximum atomic E-state index is 12.1. The summed E-state index contributed by atoms with van der Waals surface area (Å²) >= 11 is 4.89. The van der Waals surface area contributed by atoms with E-state index in [1.807, 2.05) is 43.3 Å². The first-order valence-electron chi connectivity index (χ1n) is 7.25. The van der Waals surface area contributed by atoms with Crippen LogP contribution in [0.25, 0.3) is 16.3 Å². The molecule has 1 amide bonds. The zero-order valence-corrected chi connectivity index (χ0v) is 15.6. The number of hydrogen-bond acceptors (Lipinski definition) is 4. The fourth-order valence-corrected chi connectivity index (χ4v) is 3.75. The second-order valence-electron chi connectivity index (χ2n) is 5.16. The molecule has 6 heteroatoms. The molecule has 0 bridgehead atoms. The van der Waals surface area contributed by atoms with E-state index in [1.54, 1.807) is 13.2 Å². The van der Waals surface area contributed by atoms with Gasteiger partial charge in [-0.05, 0) is 58.3 Å². The van der Waals surface area contributed by atoms with Gasteiger partial charge >= 0.3 is 0 Å². The van der Waals surface area contributed by atoms with Gasteiger partial charge in [0.15, 0.2) is 5.13 Å². The number of para-hydroxylation sites is 1. The first kappa shape index (κ1) is 16.7. The van der Waals surface area contributed by atoms with Crippen molar-refractivity contribution in [3.05, 3.63) is 58.1 Å². The summed E-state index contributed by atoms with van der Waals surface area (Å²) in [5, 5.41) is 3.41. The van der Waals surface area contributed by atoms with E-state index in [0.717, 1.165) is 31.6 Å². The van der Waals surface area contributed by atoms with Gasteiger partial charge in [0.2, 0.25) is 5.91 Å². The van der Waals surface area contributed by atoms with Crippen LogP contribution in [0.2, 0.25) is 0 Å². The Morgan fingerprint density at radius 3 is 2.88 bits per heavy atom. The molecule has 0 atom stereocenters. The van der Waals surface area contributed by atoms with Gasteiger partial charge in [-0.15, -0.1) is 0 Å². The lowest BCUT2D eigenvalue weighted by Gasteiger charge is -2.03. The monoisotopic (exact) mass is 402 g/mol. The highest BCUT2D eigenvalue weighted by atomic mass is 79.9. The molecule has 0 aliphatic heterocycles. The third-order valence-corrected chi connectivity index (χ3v) is 5.01. The molecule has 3 rings (SSSR count). The number of aromatic nitrogens is 1. The molecule has 0 aliphatic carbocycles. The summed E-state index contributed by atoms with van der Waals surface area (Å²) in [5.74, 6) is 0.542. The number of aryl methyl sites for hydroxylation is 1. The fourth-order valence-electron chi connectivity index (χ4n) is 2.24. The molecule has 0 fully saturated rings. The van der Waals surface area contributed by atoms with Crippen LogP contribution in [0.3, 0.4) is 0 Å². The van der Waals surface area contributed by atoms with E-state index in [-0.39, 0.29) is 5.91 Å². The van der Waals surface area contributed by atoms with Crippen LogP contribution in [-0.2, 0) is 4.79 Å². The Hall–Kier alpha value is -2.18. The first-order valence-corrected chi connectivity index (χ1v) is 8.86. The smallest absolute Gasteiger partial charge is 0.250 e. The van der Waals surface area contributed by atoms with Crippen molar-refractivity contribution in [1.29, 1.82) is 0 Å². The van der Waals surface area contributed by atoms with Crippen LogP contribution in [0, 0.1) is 6.92 Å². The Balaban J connectivity index is 1.72. The van der Waals surface area contributed by atoms with Gasteiger partial charge in [0.25, 0.3) is 0 Å². The number of hydrogen-bond donors (Lipinski definition) is 1. The number of benzene rings is 2. The third-order valence-electron chi connectivity index (χ3n) is 3.45. The van der Waals surface area contributed by atoms with E-state index in [9.17, 15) is 4.79 Å². The minimum Gasteiger partial charge on any atom is -0.496 e. The lowest BCUT2D eigenvalue weighted by atomic mass is 10.2. The predicted octanol–water partition coefficient (Wildman–Crippen LogP) is 5.03. The number of carbonyl (C=O) groups is 1. The molecule has 1 N–H and O–H groups in total. The standard InChI is InChI=1S/C18H15BrN2O2S/c1-11-4-3-5-15-17(11)21-18(24-15)20-16(22)9-7-12-6-8-14(23-2)13(19)10-12/h3-10H,1-2H3,(H,20,21,22)/b9-7+. The number of thiazole rings is 1. The van der Waals surface area contributed by atoms with Gasteiger partial charge in [0.05, 0.1) is 21.8 Å². The van der Waals surface area contributed by atoms with Crippen LogP contribution in [0.5, 0.6) is 5.75 Å². The predicted molar refractivity (Wildman–Crippen MR) is 103 cm³/mol. The van der Waals surface area contributed by atoms with Crippen molar-refractivity contribution < 1.29 is 9.53 Å². The largest absolute Gasteiger partial charge is 0.496 e. The quantitative estimate of drug-likeness (QED) is 0.622. The summed E-state index contributed by atoms with van der Waals surface area (Å²) in [5.41, 5.74) is 2.93. The number of amides is 1. The number of methoxy groups -OCH3 is 1. The Bertz CT molecular complexity index is 934. The second-order valence-corrected chi connectivity index (χ2v) is 7.04. The van der Waals surface area contributed by atoms with Gasteiger partial charge < -0.3 is 4.74 Å². The number of nitrogens with one attached hydrogen (secondary N) is 1. The molecule has 122 valence electrons. The Labute approximate surface area is 152 Å². The summed E-state index contributed by atoms with van der Waals surface area (Å²) in [6.07, 6.45) is 3.24. The van der Waals surface area contributed by atoms with Crippen LogP contribution in [-0.4, -0.2) is 18.0 Å². The SMILES string of the molecule is COc1ccc(/C=C/C(=O)Nc2nc3c(C)cccc3s2)cc1Br. The fraction of sp³-hybridized carbons (Fsp3) is 0.111. The topological polar surface area (TPSA) is 51.2 Å². The minimum atomic E-state index is -0.210. The molecule has 0 unspecified atom stereocenters. The molecular weight excluding hydrogens is 388 g/mol. The molecule has 0 radical (unpaired) electrons. The highest BCUT2D eigenvalue weighted by Crippen LogP contribution is 2.28. The van der Waals surface area contributed by atoms with Crippen molar-refractivity contribution in [2.24, 2.45) is 0 Å². The van der Waals surface area contributed by atoms with Crippen LogP contribution >= 0.6 is 27.3 Å². The lowest BCUT2D eigenvalue weighted by Crippen LogP contribution is -2.07. The van der Waals surface area contributed by atoms with Crippen LogP contribution in [0.1, 0.15) is 11.1 Å². The van der Waals surface area contributed by atoms with E-state index < -0.39 is 0 Å². The molecule has 1 heterocycles. The summed E-state index contributed by atoms with van der Waals surface area (Å²) in [7, 11) is 1.61. The highest BCUT2D eigenvalue weighted by Gasteiger charge is 2.07. The van der Waals surface area contributed by atoms with Gasteiger partial charge in [0, 0.05) is 6.08 Å². The molecule has 0 spiro atoms.